The number of benzene rings is 1. The third-order valence-corrected chi connectivity index (χ3v) is 6.77. The summed E-state index contributed by atoms with van der Waals surface area (Å²) >= 11 is 0. The maximum absolute atomic E-state index is 13.0. The van der Waals surface area contributed by atoms with E-state index >= 15 is 0 Å². The number of halogens is 1. The van der Waals surface area contributed by atoms with Gasteiger partial charge < -0.3 is 5.32 Å². The lowest BCUT2D eigenvalue weighted by molar-refractivity contribution is 0.267. The van der Waals surface area contributed by atoms with Crippen LogP contribution in [0.4, 0.5) is 4.39 Å². The van der Waals surface area contributed by atoms with Gasteiger partial charge in [-0.2, -0.15) is 0 Å². The van der Waals surface area contributed by atoms with E-state index in [9.17, 15) is 12.8 Å². The van der Waals surface area contributed by atoms with E-state index in [0.29, 0.717) is 6.42 Å². The number of rotatable bonds is 4. The molecule has 1 heterocycles. The molecule has 1 aliphatic rings. The number of hydrogen-bond donors (Lipinski definition) is 1. The molecule has 5 heteroatoms. The van der Waals surface area contributed by atoms with Crippen LogP contribution in [0.2, 0.25) is 0 Å². The third-order valence-electron chi connectivity index (χ3n) is 4.17. The second-order valence-electron chi connectivity index (χ2n) is 6.57. The van der Waals surface area contributed by atoms with Crippen LogP contribution in [0.3, 0.4) is 0 Å². The molecule has 0 atom stereocenters. The van der Waals surface area contributed by atoms with Gasteiger partial charge in [0.2, 0.25) is 0 Å². The molecule has 0 bridgehead atoms. The predicted molar refractivity (Wildman–Crippen MR) is 79.1 cm³/mol. The average Bonchev–Trinajstić information content (AvgIpc) is 2.28. The summed E-state index contributed by atoms with van der Waals surface area (Å²) in [5, 5.41) is 3.20. The molecule has 1 aliphatic heterocycles. The topological polar surface area (TPSA) is 46.2 Å². The minimum absolute atomic E-state index is 0.162. The lowest BCUT2D eigenvalue weighted by Crippen LogP contribution is -2.57. The highest BCUT2D eigenvalue weighted by Gasteiger charge is 2.41. The van der Waals surface area contributed by atoms with Crippen molar-refractivity contribution >= 4 is 9.84 Å². The molecule has 1 aromatic rings. The highest BCUT2D eigenvalue weighted by molar-refractivity contribution is 7.92. The van der Waals surface area contributed by atoms with E-state index < -0.39 is 14.6 Å². The second kappa shape index (κ2) is 5.11. The van der Waals surface area contributed by atoms with Crippen molar-refractivity contribution in [2.45, 2.75) is 37.4 Å². The van der Waals surface area contributed by atoms with Gasteiger partial charge in [-0.15, -0.1) is 0 Å². The summed E-state index contributed by atoms with van der Waals surface area (Å²) in [4.78, 5) is 0. The Balaban J connectivity index is 2.16. The Hall–Kier alpha value is -0.940. The molecular formula is C15H22FNO2S. The molecule has 0 aromatic heterocycles. The summed E-state index contributed by atoms with van der Waals surface area (Å²) < 4.78 is 36.8. The maximum atomic E-state index is 13.0. The molecule has 1 aromatic carbocycles. The fraction of sp³-hybridized carbons (Fsp3) is 0.600. The molecule has 1 saturated heterocycles. The van der Waals surface area contributed by atoms with Crippen LogP contribution in [0, 0.1) is 5.82 Å². The molecule has 0 radical (unpaired) electrons. The molecule has 0 amide bonds. The smallest absolute Gasteiger partial charge is 0.155 e. The van der Waals surface area contributed by atoms with Crippen LogP contribution < -0.4 is 5.32 Å². The van der Waals surface area contributed by atoms with Gasteiger partial charge in [0.1, 0.15) is 5.82 Å². The number of hydrogen-bond acceptors (Lipinski definition) is 3. The first kappa shape index (κ1) is 15.4. The molecule has 0 saturated carbocycles. The zero-order valence-electron chi connectivity index (χ0n) is 12.2. The Kier molecular flexibility index (Phi) is 3.95. The fourth-order valence-corrected chi connectivity index (χ4v) is 3.66. The standard InChI is InChI=1S/C15H22FNO2S/c1-14(2,3)20(18,19)9-8-15(10-17-11-15)12-4-6-13(16)7-5-12/h4-7,17H,8-11H2,1-3H3. The van der Waals surface area contributed by atoms with Crippen molar-refractivity contribution in [3.05, 3.63) is 35.6 Å². The normalized spacial score (nSPS) is 18.6. The van der Waals surface area contributed by atoms with Gasteiger partial charge in [0.05, 0.1) is 10.5 Å². The van der Waals surface area contributed by atoms with Gasteiger partial charge in [-0.1, -0.05) is 12.1 Å². The Morgan fingerprint density at radius 1 is 1.20 bits per heavy atom. The van der Waals surface area contributed by atoms with Gasteiger partial charge in [0.25, 0.3) is 0 Å². The highest BCUT2D eigenvalue weighted by Crippen LogP contribution is 2.34. The van der Waals surface area contributed by atoms with E-state index in [-0.39, 0.29) is 17.0 Å². The van der Waals surface area contributed by atoms with Crippen LogP contribution in [-0.2, 0) is 15.3 Å². The molecule has 20 heavy (non-hydrogen) atoms. The van der Waals surface area contributed by atoms with Crippen LogP contribution in [0.5, 0.6) is 0 Å². The first-order valence-corrected chi connectivity index (χ1v) is 8.51. The highest BCUT2D eigenvalue weighted by atomic mass is 32.2. The number of nitrogens with one attached hydrogen (secondary N) is 1. The van der Waals surface area contributed by atoms with Crippen molar-refractivity contribution in [1.29, 1.82) is 0 Å². The molecule has 112 valence electrons. The lowest BCUT2D eigenvalue weighted by atomic mass is 9.73. The molecule has 3 nitrogen and oxygen atoms in total. The molecule has 1 N–H and O–H groups in total. The van der Waals surface area contributed by atoms with Crippen molar-refractivity contribution in [3.63, 3.8) is 0 Å². The van der Waals surface area contributed by atoms with Crippen molar-refractivity contribution < 1.29 is 12.8 Å². The summed E-state index contributed by atoms with van der Waals surface area (Å²) in [5.74, 6) is -0.103. The van der Waals surface area contributed by atoms with Crippen LogP contribution in [0.1, 0.15) is 32.8 Å². The Bertz CT molecular complexity index is 569. The first-order chi connectivity index (χ1) is 9.16. The number of sulfone groups is 1. The summed E-state index contributed by atoms with van der Waals surface area (Å²) in [7, 11) is -3.13. The molecular weight excluding hydrogens is 277 g/mol. The van der Waals surface area contributed by atoms with Gasteiger partial charge in [0.15, 0.2) is 9.84 Å². The van der Waals surface area contributed by atoms with Crippen molar-refractivity contribution in [2.75, 3.05) is 18.8 Å². The quantitative estimate of drug-likeness (QED) is 0.927. The molecule has 0 spiro atoms. The first-order valence-electron chi connectivity index (χ1n) is 6.85. The molecule has 1 fully saturated rings. The van der Waals surface area contributed by atoms with Crippen LogP contribution in [0.25, 0.3) is 0 Å². The van der Waals surface area contributed by atoms with E-state index in [0.717, 1.165) is 18.7 Å². The summed E-state index contributed by atoms with van der Waals surface area (Å²) in [6.07, 6.45) is 0.575. The van der Waals surface area contributed by atoms with Crippen LogP contribution in [-0.4, -0.2) is 32.0 Å². The molecule has 0 aliphatic carbocycles. The zero-order valence-corrected chi connectivity index (χ0v) is 13.1. The maximum Gasteiger partial charge on any atom is 0.155 e. The van der Waals surface area contributed by atoms with Crippen molar-refractivity contribution in [2.24, 2.45) is 0 Å². The van der Waals surface area contributed by atoms with E-state index in [1.165, 1.54) is 12.1 Å². The van der Waals surface area contributed by atoms with Crippen molar-refractivity contribution in [1.82, 2.24) is 5.32 Å². The van der Waals surface area contributed by atoms with E-state index in [1.807, 2.05) is 0 Å². The van der Waals surface area contributed by atoms with Gasteiger partial charge in [-0.05, 0) is 44.9 Å². The molecule has 0 unspecified atom stereocenters. The average molecular weight is 299 g/mol. The van der Waals surface area contributed by atoms with Gasteiger partial charge in [-0.25, -0.2) is 12.8 Å². The predicted octanol–water partition coefficient (Wildman–Crippen LogP) is 2.27. The summed E-state index contributed by atoms with van der Waals surface area (Å²) in [5.41, 5.74) is 0.841. The lowest BCUT2D eigenvalue weighted by Gasteiger charge is -2.43. The zero-order chi connectivity index (χ0) is 15.0. The van der Waals surface area contributed by atoms with Crippen molar-refractivity contribution in [3.8, 4) is 0 Å². The largest absolute Gasteiger partial charge is 0.315 e. The monoisotopic (exact) mass is 299 g/mol. The van der Waals surface area contributed by atoms with Crippen LogP contribution >= 0.6 is 0 Å². The Labute approximate surface area is 120 Å². The Morgan fingerprint density at radius 3 is 2.15 bits per heavy atom. The second-order valence-corrected chi connectivity index (χ2v) is 9.43. The van der Waals surface area contributed by atoms with Crippen LogP contribution in [0.15, 0.2) is 24.3 Å². The minimum atomic E-state index is -3.13. The van der Waals surface area contributed by atoms with Gasteiger partial charge in [-0.3, -0.25) is 0 Å². The summed E-state index contributed by atoms with van der Waals surface area (Å²) in [6.45, 7) is 6.68. The minimum Gasteiger partial charge on any atom is -0.315 e. The summed E-state index contributed by atoms with van der Waals surface area (Å²) in [6, 6.07) is 6.40. The Morgan fingerprint density at radius 2 is 1.75 bits per heavy atom. The van der Waals surface area contributed by atoms with E-state index in [4.69, 9.17) is 0 Å². The SMILES string of the molecule is CC(C)(C)S(=O)(=O)CCC1(c2ccc(F)cc2)CNC1. The van der Waals surface area contributed by atoms with Gasteiger partial charge in [0, 0.05) is 18.5 Å². The fourth-order valence-electron chi connectivity index (χ4n) is 2.39. The van der Waals surface area contributed by atoms with E-state index in [2.05, 4.69) is 5.32 Å². The van der Waals surface area contributed by atoms with Gasteiger partial charge >= 0.3 is 0 Å². The molecule has 2 rings (SSSR count). The third kappa shape index (κ3) is 2.88. The van der Waals surface area contributed by atoms with E-state index in [1.54, 1.807) is 32.9 Å².